The summed E-state index contributed by atoms with van der Waals surface area (Å²) >= 11 is 0. The maximum Gasteiger partial charge on any atom is 0.0936 e. The lowest BCUT2D eigenvalue weighted by Gasteiger charge is -2.40. The molecule has 0 amide bonds. The van der Waals surface area contributed by atoms with Crippen LogP contribution in [0.4, 0.5) is 0 Å². The zero-order valence-corrected chi connectivity index (χ0v) is 13.3. The van der Waals surface area contributed by atoms with E-state index in [1.807, 2.05) is 0 Å². The third-order valence-corrected chi connectivity index (χ3v) is 5.81. The number of hydrogen-bond donors (Lipinski definition) is 2. The van der Waals surface area contributed by atoms with Crippen molar-refractivity contribution in [1.82, 2.24) is 0 Å². The lowest BCUT2D eigenvalue weighted by atomic mass is 9.73. The summed E-state index contributed by atoms with van der Waals surface area (Å²) in [5.74, 6) is 1.00. The van der Waals surface area contributed by atoms with Crippen LogP contribution in [0.2, 0.25) is 0 Å². The SMILES string of the molecule is CCCCCC(O)C(O)(CC1CCCC1)C1CCCC1. The summed E-state index contributed by atoms with van der Waals surface area (Å²) in [7, 11) is 0. The maximum absolute atomic E-state index is 11.3. The predicted octanol–water partition coefficient (Wildman–Crippen LogP) is 4.43. The molecule has 0 aromatic heterocycles. The van der Waals surface area contributed by atoms with Crippen molar-refractivity contribution in [3.05, 3.63) is 0 Å². The van der Waals surface area contributed by atoms with Gasteiger partial charge in [-0.3, -0.25) is 0 Å². The molecule has 0 aromatic carbocycles. The molecule has 2 fully saturated rings. The minimum atomic E-state index is -0.792. The van der Waals surface area contributed by atoms with Gasteiger partial charge in [0.15, 0.2) is 0 Å². The molecule has 0 radical (unpaired) electrons. The normalized spacial score (nSPS) is 25.9. The van der Waals surface area contributed by atoms with E-state index in [1.165, 1.54) is 51.4 Å². The van der Waals surface area contributed by atoms with E-state index in [0.29, 0.717) is 11.8 Å². The number of aliphatic hydroxyl groups is 2. The van der Waals surface area contributed by atoms with E-state index < -0.39 is 11.7 Å². The van der Waals surface area contributed by atoms with Crippen molar-refractivity contribution in [3.63, 3.8) is 0 Å². The Bertz CT molecular complexity index is 267. The summed E-state index contributed by atoms with van der Waals surface area (Å²) in [5, 5.41) is 22.0. The Morgan fingerprint density at radius 1 is 1.00 bits per heavy atom. The van der Waals surface area contributed by atoms with Crippen LogP contribution in [0.3, 0.4) is 0 Å². The lowest BCUT2D eigenvalue weighted by Crippen LogP contribution is -2.49. The van der Waals surface area contributed by atoms with Crippen LogP contribution in [-0.2, 0) is 0 Å². The van der Waals surface area contributed by atoms with Gasteiger partial charge in [0.25, 0.3) is 0 Å². The first-order chi connectivity index (χ1) is 9.66. The summed E-state index contributed by atoms with van der Waals surface area (Å²) in [6.07, 6.45) is 14.4. The molecular weight excluding hydrogens is 248 g/mol. The van der Waals surface area contributed by atoms with Gasteiger partial charge in [-0.05, 0) is 37.5 Å². The monoisotopic (exact) mass is 282 g/mol. The fourth-order valence-corrected chi connectivity index (χ4v) is 4.52. The Balaban J connectivity index is 1.97. The Kier molecular flexibility index (Phi) is 6.35. The Morgan fingerprint density at radius 3 is 2.20 bits per heavy atom. The van der Waals surface area contributed by atoms with Crippen molar-refractivity contribution in [1.29, 1.82) is 0 Å². The molecule has 0 aromatic rings. The molecule has 2 atom stereocenters. The second-order valence-electron chi connectivity index (χ2n) is 7.34. The van der Waals surface area contributed by atoms with Crippen molar-refractivity contribution in [2.24, 2.45) is 11.8 Å². The molecule has 2 aliphatic carbocycles. The van der Waals surface area contributed by atoms with Gasteiger partial charge in [-0.25, -0.2) is 0 Å². The molecule has 2 nitrogen and oxygen atoms in total. The van der Waals surface area contributed by atoms with E-state index in [4.69, 9.17) is 0 Å². The van der Waals surface area contributed by atoms with E-state index >= 15 is 0 Å². The maximum atomic E-state index is 11.3. The van der Waals surface area contributed by atoms with Crippen LogP contribution in [0.25, 0.3) is 0 Å². The van der Waals surface area contributed by atoms with E-state index in [2.05, 4.69) is 6.92 Å². The van der Waals surface area contributed by atoms with Crippen molar-refractivity contribution in [3.8, 4) is 0 Å². The highest BCUT2D eigenvalue weighted by Gasteiger charge is 2.45. The molecule has 2 rings (SSSR count). The van der Waals surface area contributed by atoms with Gasteiger partial charge in [0, 0.05) is 0 Å². The average Bonchev–Trinajstić information content (AvgIpc) is 3.11. The Labute approximate surface area is 125 Å². The predicted molar refractivity (Wildman–Crippen MR) is 83.6 cm³/mol. The summed E-state index contributed by atoms with van der Waals surface area (Å²) in [6, 6.07) is 0. The van der Waals surface area contributed by atoms with Gasteiger partial charge < -0.3 is 10.2 Å². The van der Waals surface area contributed by atoms with Gasteiger partial charge in [-0.1, -0.05) is 64.7 Å². The minimum absolute atomic E-state index is 0.347. The molecule has 0 spiro atoms. The smallest absolute Gasteiger partial charge is 0.0936 e. The van der Waals surface area contributed by atoms with Crippen LogP contribution in [0.15, 0.2) is 0 Å². The highest BCUT2D eigenvalue weighted by Crippen LogP contribution is 2.43. The van der Waals surface area contributed by atoms with Crippen molar-refractivity contribution in [2.75, 3.05) is 0 Å². The van der Waals surface area contributed by atoms with Crippen LogP contribution in [0, 0.1) is 11.8 Å². The third kappa shape index (κ3) is 3.98. The number of unbranched alkanes of at least 4 members (excludes halogenated alkanes) is 2. The van der Waals surface area contributed by atoms with Crippen molar-refractivity contribution < 1.29 is 10.2 Å². The van der Waals surface area contributed by atoms with Gasteiger partial charge in [0.2, 0.25) is 0 Å². The van der Waals surface area contributed by atoms with E-state index in [0.717, 1.165) is 32.1 Å². The molecule has 0 bridgehead atoms. The quantitative estimate of drug-likeness (QED) is 0.647. The molecule has 20 heavy (non-hydrogen) atoms. The highest BCUT2D eigenvalue weighted by molar-refractivity contribution is 4.96. The molecule has 2 unspecified atom stereocenters. The molecule has 2 heteroatoms. The average molecular weight is 282 g/mol. The van der Waals surface area contributed by atoms with Crippen molar-refractivity contribution >= 4 is 0 Å². The minimum Gasteiger partial charge on any atom is -0.390 e. The second kappa shape index (κ2) is 7.79. The van der Waals surface area contributed by atoms with E-state index in [9.17, 15) is 10.2 Å². The summed E-state index contributed by atoms with van der Waals surface area (Å²) in [6.45, 7) is 2.19. The molecule has 0 saturated heterocycles. The van der Waals surface area contributed by atoms with Gasteiger partial charge in [0.05, 0.1) is 11.7 Å². The number of aliphatic hydroxyl groups excluding tert-OH is 1. The van der Waals surface area contributed by atoms with Crippen LogP contribution in [-0.4, -0.2) is 21.9 Å². The molecule has 2 N–H and O–H groups in total. The largest absolute Gasteiger partial charge is 0.390 e. The van der Waals surface area contributed by atoms with Crippen LogP contribution >= 0.6 is 0 Å². The van der Waals surface area contributed by atoms with Crippen LogP contribution in [0.1, 0.15) is 90.4 Å². The van der Waals surface area contributed by atoms with Gasteiger partial charge in [-0.2, -0.15) is 0 Å². The zero-order chi connectivity index (χ0) is 14.4. The van der Waals surface area contributed by atoms with Crippen LogP contribution < -0.4 is 0 Å². The van der Waals surface area contributed by atoms with Gasteiger partial charge in [-0.15, -0.1) is 0 Å². The fraction of sp³-hybridized carbons (Fsp3) is 1.00. The molecule has 2 aliphatic rings. The van der Waals surface area contributed by atoms with Gasteiger partial charge >= 0.3 is 0 Å². The first-order valence-corrected chi connectivity index (χ1v) is 9.07. The number of rotatable bonds is 8. The second-order valence-corrected chi connectivity index (χ2v) is 7.34. The molecule has 0 aliphatic heterocycles. The third-order valence-electron chi connectivity index (χ3n) is 5.81. The fourth-order valence-electron chi connectivity index (χ4n) is 4.52. The summed E-state index contributed by atoms with van der Waals surface area (Å²) in [4.78, 5) is 0. The lowest BCUT2D eigenvalue weighted by molar-refractivity contribution is -0.128. The summed E-state index contributed by atoms with van der Waals surface area (Å²) < 4.78 is 0. The van der Waals surface area contributed by atoms with Crippen LogP contribution in [0.5, 0.6) is 0 Å². The Hall–Kier alpha value is -0.0800. The van der Waals surface area contributed by atoms with E-state index in [-0.39, 0.29) is 0 Å². The molecule has 2 saturated carbocycles. The topological polar surface area (TPSA) is 40.5 Å². The summed E-state index contributed by atoms with van der Waals surface area (Å²) in [5.41, 5.74) is -0.792. The standard InChI is InChI=1S/C18H34O2/c1-2-3-4-13-17(19)18(20,16-11-7-8-12-16)14-15-9-5-6-10-15/h15-17,19-20H,2-14H2,1H3. The van der Waals surface area contributed by atoms with Crippen molar-refractivity contribution in [2.45, 2.75) is 102 Å². The molecular formula is C18H34O2. The first kappa shape index (κ1) is 16.3. The zero-order valence-electron chi connectivity index (χ0n) is 13.3. The molecule has 0 heterocycles. The van der Waals surface area contributed by atoms with Gasteiger partial charge in [0.1, 0.15) is 0 Å². The molecule has 118 valence electrons. The first-order valence-electron chi connectivity index (χ1n) is 9.07. The Morgan fingerprint density at radius 2 is 1.60 bits per heavy atom. The highest BCUT2D eigenvalue weighted by atomic mass is 16.3. The number of hydrogen-bond acceptors (Lipinski definition) is 2. The van der Waals surface area contributed by atoms with E-state index in [1.54, 1.807) is 0 Å².